The molecule has 0 spiro atoms. The maximum Gasteiger partial charge on any atom is 0.261 e. The van der Waals surface area contributed by atoms with E-state index in [2.05, 4.69) is 22.4 Å². The number of benzene rings is 2. The van der Waals surface area contributed by atoms with E-state index < -0.39 is 0 Å². The zero-order valence-corrected chi connectivity index (χ0v) is 14.8. The number of nitrogens with one attached hydrogen (secondary N) is 1. The van der Waals surface area contributed by atoms with Gasteiger partial charge in [-0.3, -0.25) is 14.2 Å². The van der Waals surface area contributed by atoms with Crippen molar-refractivity contribution in [3.63, 3.8) is 0 Å². The standard InChI is InChI=1S/C21H21N3O2/c1-24-19(23-18-8-3-2-7-17(18)21(24)26)11-12-20(25)22-16-10-9-14-5-4-6-15(14)13-16/h2-3,7-10,13H,4-6,11-12H2,1H3,(H,22,25). The molecular weight excluding hydrogens is 326 g/mol. The van der Waals surface area contributed by atoms with Crippen LogP contribution in [0.15, 0.2) is 47.3 Å². The zero-order chi connectivity index (χ0) is 18.1. The molecule has 3 aromatic rings. The average molecular weight is 347 g/mol. The molecule has 0 unspecified atom stereocenters. The smallest absolute Gasteiger partial charge is 0.261 e. The number of hydrogen-bond donors (Lipinski definition) is 1. The van der Waals surface area contributed by atoms with E-state index in [0.29, 0.717) is 23.1 Å². The fourth-order valence-electron chi connectivity index (χ4n) is 3.59. The molecule has 0 bridgehead atoms. The van der Waals surface area contributed by atoms with Gasteiger partial charge in [-0.05, 0) is 54.7 Å². The van der Waals surface area contributed by atoms with E-state index in [1.807, 2.05) is 24.3 Å². The molecular formula is C21H21N3O2. The van der Waals surface area contributed by atoms with E-state index in [0.717, 1.165) is 18.5 Å². The Morgan fingerprint density at radius 3 is 2.85 bits per heavy atom. The first-order valence-electron chi connectivity index (χ1n) is 8.98. The van der Waals surface area contributed by atoms with Crippen molar-refractivity contribution < 1.29 is 4.79 Å². The first-order valence-corrected chi connectivity index (χ1v) is 8.98. The van der Waals surface area contributed by atoms with Crippen LogP contribution in [0.4, 0.5) is 5.69 Å². The highest BCUT2D eigenvalue weighted by atomic mass is 16.1. The molecule has 0 fully saturated rings. The van der Waals surface area contributed by atoms with Crippen LogP contribution in [-0.4, -0.2) is 15.5 Å². The maximum absolute atomic E-state index is 12.4. The molecule has 132 valence electrons. The number of anilines is 1. The average Bonchev–Trinajstić information content (AvgIpc) is 3.11. The molecule has 1 N–H and O–H groups in total. The van der Waals surface area contributed by atoms with Gasteiger partial charge in [0, 0.05) is 25.6 Å². The van der Waals surface area contributed by atoms with Crippen LogP contribution in [0.2, 0.25) is 0 Å². The van der Waals surface area contributed by atoms with Crippen molar-refractivity contribution in [2.45, 2.75) is 32.1 Å². The van der Waals surface area contributed by atoms with Gasteiger partial charge in [-0.25, -0.2) is 4.98 Å². The number of fused-ring (bicyclic) bond motifs is 2. The van der Waals surface area contributed by atoms with Crippen molar-refractivity contribution in [2.75, 3.05) is 5.32 Å². The van der Waals surface area contributed by atoms with E-state index >= 15 is 0 Å². The van der Waals surface area contributed by atoms with Crippen LogP contribution in [0.25, 0.3) is 10.9 Å². The van der Waals surface area contributed by atoms with Gasteiger partial charge < -0.3 is 5.32 Å². The second kappa shape index (κ2) is 6.75. The molecule has 26 heavy (non-hydrogen) atoms. The Labute approximate surface area is 151 Å². The molecule has 2 aromatic carbocycles. The SMILES string of the molecule is Cn1c(CCC(=O)Nc2ccc3c(c2)CCC3)nc2ccccc2c1=O. The largest absolute Gasteiger partial charge is 0.326 e. The van der Waals surface area contributed by atoms with E-state index in [4.69, 9.17) is 0 Å². The highest BCUT2D eigenvalue weighted by molar-refractivity contribution is 5.91. The van der Waals surface area contributed by atoms with Gasteiger partial charge in [-0.2, -0.15) is 0 Å². The number of aromatic nitrogens is 2. The van der Waals surface area contributed by atoms with Crippen LogP contribution in [0.5, 0.6) is 0 Å². The molecule has 0 aliphatic heterocycles. The van der Waals surface area contributed by atoms with Crippen molar-refractivity contribution in [2.24, 2.45) is 7.05 Å². The lowest BCUT2D eigenvalue weighted by molar-refractivity contribution is -0.116. The third-order valence-electron chi connectivity index (χ3n) is 5.03. The molecule has 1 heterocycles. The van der Waals surface area contributed by atoms with Crippen LogP contribution in [0.1, 0.15) is 29.8 Å². The second-order valence-corrected chi connectivity index (χ2v) is 6.79. The van der Waals surface area contributed by atoms with Gasteiger partial charge in [0.15, 0.2) is 0 Å². The number of rotatable bonds is 4. The van der Waals surface area contributed by atoms with E-state index in [1.165, 1.54) is 22.1 Å². The first kappa shape index (κ1) is 16.5. The Morgan fingerprint density at radius 2 is 1.96 bits per heavy atom. The van der Waals surface area contributed by atoms with Gasteiger partial charge in [0.2, 0.25) is 5.91 Å². The van der Waals surface area contributed by atoms with Crippen LogP contribution < -0.4 is 10.9 Å². The topological polar surface area (TPSA) is 64.0 Å². The van der Waals surface area contributed by atoms with Gasteiger partial charge in [-0.1, -0.05) is 18.2 Å². The van der Waals surface area contributed by atoms with Crippen molar-refractivity contribution in [3.8, 4) is 0 Å². The van der Waals surface area contributed by atoms with Gasteiger partial charge in [0.25, 0.3) is 5.56 Å². The summed E-state index contributed by atoms with van der Waals surface area (Å²) in [5, 5.41) is 3.56. The summed E-state index contributed by atoms with van der Waals surface area (Å²) in [5.74, 6) is 0.558. The minimum absolute atomic E-state index is 0.0645. The van der Waals surface area contributed by atoms with Crippen molar-refractivity contribution in [1.82, 2.24) is 9.55 Å². The number of carbonyl (C=O) groups excluding carboxylic acids is 1. The fourth-order valence-corrected chi connectivity index (χ4v) is 3.59. The predicted octanol–water partition coefficient (Wildman–Crippen LogP) is 2.99. The van der Waals surface area contributed by atoms with Gasteiger partial charge >= 0.3 is 0 Å². The Balaban J connectivity index is 1.47. The molecule has 0 saturated heterocycles. The second-order valence-electron chi connectivity index (χ2n) is 6.79. The summed E-state index contributed by atoms with van der Waals surface area (Å²) in [6.07, 6.45) is 4.12. The highest BCUT2D eigenvalue weighted by Crippen LogP contribution is 2.25. The molecule has 1 aromatic heterocycles. The Bertz CT molecular complexity index is 1050. The third kappa shape index (κ3) is 3.12. The van der Waals surface area contributed by atoms with Crippen molar-refractivity contribution >= 4 is 22.5 Å². The summed E-state index contributed by atoms with van der Waals surface area (Å²) < 4.78 is 1.53. The fraction of sp³-hybridized carbons (Fsp3) is 0.286. The predicted molar refractivity (Wildman–Crippen MR) is 102 cm³/mol. The normalized spacial score (nSPS) is 13.0. The van der Waals surface area contributed by atoms with E-state index in [1.54, 1.807) is 13.1 Å². The zero-order valence-electron chi connectivity index (χ0n) is 14.8. The van der Waals surface area contributed by atoms with Crippen LogP contribution >= 0.6 is 0 Å². The molecule has 5 heteroatoms. The molecule has 5 nitrogen and oxygen atoms in total. The quantitative estimate of drug-likeness (QED) is 0.789. The van der Waals surface area contributed by atoms with Crippen LogP contribution in [0.3, 0.4) is 0 Å². The Hall–Kier alpha value is -2.95. The maximum atomic E-state index is 12.4. The van der Waals surface area contributed by atoms with Crippen molar-refractivity contribution in [1.29, 1.82) is 0 Å². The van der Waals surface area contributed by atoms with Crippen LogP contribution in [-0.2, 0) is 31.1 Å². The number of hydrogen-bond acceptors (Lipinski definition) is 3. The molecule has 1 amide bonds. The van der Waals surface area contributed by atoms with Gasteiger partial charge in [-0.15, -0.1) is 0 Å². The minimum Gasteiger partial charge on any atom is -0.326 e. The summed E-state index contributed by atoms with van der Waals surface area (Å²) in [6, 6.07) is 13.4. The number of carbonyl (C=O) groups is 1. The summed E-state index contributed by atoms with van der Waals surface area (Å²) >= 11 is 0. The molecule has 1 aliphatic carbocycles. The summed E-state index contributed by atoms with van der Waals surface area (Å²) in [4.78, 5) is 29.3. The summed E-state index contributed by atoms with van der Waals surface area (Å²) in [5.41, 5.74) is 4.16. The first-order chi connectivity index (χ1) is 12.6. The van der Waals surface area contributed by atoms with Crippen molar-refractivity contribution in [3.05, 3.63) is 69.8 Å². The Morgan fingerprint density at radius 1 is 1.15 bits per heavy atom. The molecule has 0 radical (unpaired) electrons. The lowest BCUT2D eigenvalue weighted by atomic mass is 10.1. The number of para-hydroxylation sites is 1. The lowest BCUT2D eigenvalue weighted by Gasteiger charge is -2.10. The molecule has 0 atom stereocenters. The van der Waals surface area contributed by atoms with Gasteiger partial charge in [0.05, 0.1) is 10.9 Å². The third-order valence-corrected chi connectivity index (χ3v) is 5.03. The molecule has 4 rings (SSSR count). The number of amides is 1. The highest BCUT2D eigenvalue weighted by Gasteiger charge is 2.13. The number of nitrogens with zero attached hydrogens (tertiary/aromatic N) is 2. The summed E-state index contributed by atoms with van der Waals surface area (Å²) in [7, 11) is 1.70. The minimum atomic E-state index is -0.0790. The Kier molecular flexibility index (Phi) is 4.29. The van der Waals surface area contributed by atoms with Crippen LogP contribution in [0, 0.1) is 0 Å². The van der Waals surface area contributed by atoms with E-state index in [9.17, 15) is 9.59 Å². The number of aryl methyl sites for hydroxylation is 3. The van der Waals surface area contributed by atoms with Gasteiger partial charge in [0.1, 0.15) is 5.82 Å². The monoisotopic (exact) mass is 347 g/mol. The van der Waals surface area contributed by atoms with E-state index in [-0.39, 0.29) is 17.9 Å². The molecule has 0 saturated carbocycles. The summed E-state index contributed by atoms with van der Waals surface area (Å²) in [6.45, 7) is 0. The molecule has 1 aliphatic rings. The lowest BCUT2D eigenvalue weighted by Crippen LogP contribution is -2.23.